The number of hydrogen-bond donors (Lipinski definition) is 2. The third-order valence-corrected chi connectivity index (χ3v) is 12.7. The van der Waals surface area contributed by atoms with Crippen LogP contribution in [0, 0.1) is 23.7 Å². The second-order valence-electron chi connectivity index (χ2n) is 17.8. The number of cyclic esters (lactones) is 1. The maximum atomic E-state index is 14.3. The van der Waals surface area contributed by atoms with Crippen molar-refractivity contribution in [3.05, 3.63) is 35.9 Å². The molecular weight excluding hydrogens is 762 g/mol. The normalized spacial score (nSPS) is 41.0. The molecule has 0 aliphatic carbocycles. The zero-order valence-electron chi connectivity index (χ0n) is 36.7. The summed E-state index contributed by atoms with van der Waals surface area (Å²) in [5.74, 6) is -4.90. The number of likely N-dealkylation sites (N-methyl/N-ethyl adjacent to an activating group) is 1. The Kier molecular flexibility index (Phi) is 15.5. The van der Waals surface area contributed by atoms with Gasteiger partial charge in [-0.3, -0.25) is 14.4 Å². The van der Waals surface area contributed by atoms with E-state index in [0.29, 0.717) is 25.0 Å². The minimum Gasteiger partial charge on any atom is -0.459 e. The number of carbonyl (C=O) groups excluding carboxylic acids is 3. The van der Waals surface area contributed by atoms with E-state index < -0.39 is 95.6 Å². The van der Waals surface area contributed by atoms with Gasteiger partial charge < -0.3 is 48.4 Å². The fourth-order valence-corrected chi connectivity index (χ4v) is 9.38. The second-order valence-corrected chi connectivity index (χ2v) is 17.8. The smallest absolute Gasteiger partial charge is 0.311 e. The SMILES string of the molecule is CC[C@H]1OC(=O)[C@H](C)[C@@H](O)[C@H](C)[C@@H](O[C@@H]2O[C@H](C)C[C@H](N(C)C)[C@H]2OC(C)=O)[C@@]2(C)C[C@@H](C)C3=NC(=O)[C@@H](CCc4ccccc4)O/N=C(/CO[C@H]([C@H]3C)[C@]1(C)O)CO2. The van der Waals surface area contributed by atoms with Crippen LogP contribution in [-0.2, 0) is 54.1 Å². The van der Waals surface area contributed by atoms with Gasteiger partial charge in [-0.15, -0.1) is 0 Å². The summed E-state index contributed by atoms with van der Waals surface area (Å²) in [6.07, 6.45) is -6.00. The molecule has 4 aliphatic heterocycles. The van der Waals surface area contributed by atoms with Gasteiger partial charge in [0.1, 0.15) is 17.4 Å². The molecule has 0 spiro atoms. The first kappa shape index (κ1) is 46.8. The first-order valence-electron chi connectivity index (χ1n) is 21.2. The van der Waals surface area contributed by atoms with E-state index in [-0.39, 0.29) is 43.9 Å². The average Bonchev–Trinajstić information content (AvgIpc) is 3.21. The Labute approximate surface area is 349 Å². The molecule has 0 unspecified atom stereocenters. The lowest BCUT2D eigenvalue weighted by atomic mass is 9.73. The van der Waals surface area contributed by atoms with Gasteiger partial charge in [0.15, 0.2) is 12.4 Å². The van der Waals surface area contributed by atoms with Crippen molar-refractivity contribution in [2.75, 3.05) is 27.3 Å². The van der Waals surface area contributed by atoms with Gasteiger partial charge in [-0.2, -0.15) is 0 Å². The topological polar surface area (TPSA) is 184 Å². The molecule has 4 bridgehead atoms. The first-order valence-corrected chi connectivity index (χ1v) is 21.2. The number of hydrogen-bond acceptors (Lipinski definition) is 14. The molecule has 2 N–H and O–H groups in total. The number of oxime groups is 1. The summed E-state index contributed by atoms with van der Waals surface area (Å²) in [7, 11) is 3.79. The summed E-state index contributed by atoms with van der Waals surface area (Å²) in [5, 5.41) is 29.0. The lowest BCUT2D eigenvalue weighted by Crippen LogP contribution is -2.61. The number of fused-ring (bicyclic) bond motifs is 4. The fourth-order valence-electron chi connectivity index (χ4n) is 9.38. The Hall–Kier alpha value is -3.31. The van der Waals surface area contributed by atoms with Gasteiger partial charge in [-0.25, -0.2) is 4.99 Å². The highest BCUT2D eigenvalue weighted by Gasteiger charge is 2.54. The Morgan fingerprint density at radius 1 is 1.03 bits per heavy atom. The molecule has 3 fully saturated rings. The molecule has 0 radical (unpaired) electrons. The van der Waals surface area contributed by atoms with Crippen LogP contribution >= 0.6 is 0 Å². The van der Waals surface area contributed by atoms with Crippen LogP contribution in [0.5, 0.6) is 0 Å². The van der Waals surface area contributed by atoms with Gasteiger partial charge in [-0.1, -0.05) is 63.2 Å². The highest BCUT2D eigenvalue weighted by atomic mass is 16.7. The zero-order valence-corrected chi connectivity index (χ0v) is 36.7. The lowest BCUT2D eigenvalue weighted by molar-refractivity contribution is -0.304. The van der Waals surface area contributed by atoms with Crippen LogP contribution in [-0.4, -0.2) is 138 Å². The van der Waals surface area contributed by atoms with Crippen molar-refractivity contribution in [1.82, 2.24) is 4.90 Å². The predicted molar refractivity (Wildman–Crippen MR) is 219 cm³/mol. The molecule has 0 aromatic heterocycles. The van der Waals surface area contributed by atoms with Crippen molar-refractivity contribution in [1.29, 1.82) is 0 Å². The first-order chi connectivity index (χ1) is 27.8. The molecule has 5 rings (SSSR count). The highest BCUT2D eigenvalue weighted by molar-refractivity contribution is 6.00. The molecule has 1 aromatic carbocycles. The van der Waals surface area contributed by atoms with Crippen LogP contribution in [0.15, 0.2) is 40.5 Å². The predicted octanol–water partition coefficient (Wildman–Crippen LogP) is 4.28. The Morgan fingerprint density at radius 2 is 1.73 bits per heavy atom. The number of amides is 1. The molecule has 59 heavy (non-hydrogen) atoms. The van der Waals surface area contributed by atoms with Crippen LogP contribution < -0.4 is 0 Å². The lowest BCUT2D eigenvalue weighted by Gasteiger charge is -2.49. The molecule has 15 atom stereocenters. The van der Waals surface area contributed by atoms with E-state index in [1.165, 1.54) is 6.92 Å². The van der Waals surface area contributed by atoms with E-state index in [2.05, 4.69) is 5.16 Å². The Balaban J connectivity index is 1.69. The molecular formula is C44H67N3O12. The zero-order chi connectivity index (χ0) is 43.4. The monoisotopic (exact) mass is 829 g/mol. The van der Waals surface area contributed by atoms with Crippen molar-refractivity contribution in [2.24, 2.45) is 33.8 Å². The fraction of sp³-hybridized carbons (Fsp3) is 0.750. The highest BCUT2D eigenvalue weighted by Crippen LogP contribution is 2.41. The summed E-state index contributed by atoms with van der Waals surface area (Å²) in [6, 6.07) is 9.48. The summed E-state index contributed by atoms with van der Waals surface area (Å²) in [6.45, 7) is 15.2. The van der Waals surface area contributed by atoms with E-state index in [1.54, 1.807) is 27.7 Å². The number of rotatable bonds is 8. The van der Waals surface area contributed by atoms with Gasteiger partial charge in [-0.05, 0) is 79.0 Å². The standard InChI is InChI=1S/C44H67N3O12/c1-12-34-44(9,52)39-26(4)35-24(2)21-43(8,54-23-31(22-53-39)46-59-33(40(50)45-35)19-18-30-16-14-13-15-17-30)38(27(5)36(49)28(6)41(51)57-34)58-42-37(56-29(7)48)32(47(10)11)20-25(3)55-42/h13-17,24-28,32-34,36-39,42,49,52H,12,18-23H2,1-11H3/b45-35?,46-31-/t24-,25-,26+,27+,28-,32+,33-,34-,36+,37-,38-,39-,42+,43-,44-/m1/s1. The van der Waals surface area contributed by atoms with Crippen molar-refractivity contribution < 1.29 is 57.9 Å². The van der Waals surface area contributed by atoms with Gasteiger partial charge >= 0.3 is 11.9 Å². The number of nitrogens with zero attached hydrogens (tertiary/aromatic N) is 3. The van der Waals surface area contributed by atoms with Gasteiger partial charge in [0.25, 0.3) is 5.91 Å². The third-order valence-electron chi connectivity index (χ3n) is 12.7. The quantitative estimate of drug-likeness (QED) is 0.355. The van der Waals surface area contributed by atoms with Crippen LogP contribution in [0.25, 0.3) is 0 Å². The molecule has 15 heteroatoms. The third kappa shape index (κ3) is 10.8. The van der Waals surface area contributed by atoms with Crippen molar-refractivity contribution in [3.63, 3.8) is 0 Å². The van der Waals surface area contributed by atoms with Crippen molar-refractivity contribution >= 4 is 29.3 Å². The maximum Gasteiger partial charge on any atom is 0.311 e. The second kappa shape index (κ2) is 19.6. The van der Waals surface area contributed by atoms with Gasteiger partial charge in [0, 0.05) is 30.9 Å². The number of benzene rings is 1. The number of esters is 2. The maximum absolute atomic E-state index is 14.3. The van der Waals surface area contributed by atoms with Gasteiger partial charge in [0.2, 0.25) is 6.10 Å². The summed E-state index contributed by atoms with van der Waals surface area (Å²) >= 11 is 0. The van der Waals surface area contributed by atoms with Crippen LogP contribution in [0.3, 0.4) is 0 Å². The average molecular weight is 830 g/mol. The molecule has 4 aliphatic rings. The van der Waals surface area contributed by atoms with Gasteiger partial charge in [0.05, 0.1) is 55.2 Å². The van der Waals surface area contributed by atoms with E-state index >= 15 is 0 Å². The molecule has 1 amide bonds. The number of carbonyl (C=O) groups is 3. The molecule has 3 saturated heterocycles. The van der Waals surface area contributed by atoms with E-state index in [9.17, 15) is 24.6 Å². The van der Waals surface area contributed by atoms with Crippen molar-refractivity contribution in [3.8, 4) is 0 Å². The molecule has 330 valence electrons. The minimum absolute atomic E-state index is 0.154. The van der Waals surface area contributed by atoms with E-state index in [4.69, 9.17) is 38.3 Å². The Morgan fingerprint density at radius 3 is 2.37 bits per heavy atom. The summed E-state index contributed by atoms with van der Waals surface area (Å²) < 4.78 is 38.9. The number of aliphatic hydroxyl groups is 2. The largest absolute Gasteiger partial charge is 0.459 e. The number of aliphatic imine (C=N–C) groups is 1. The summed E-state index contributed by atoms with van der Waals surface area (Å²) in [5.41, 5.74) is -1.39. The molecule has 15 nitrogen and oxygen atoms in total. The molecule has 4 heterocycles. The van der Waals surface area contributed by atoms with E-state index in [0.717, 1.165) is 5.56 Å². The number of aryl methyl sites for hydroxylation is 1. The number of aliphatic hydroxyl groups excluding tert-OH is 1. The Bertz CT molecular complexity index is 1670. The van der Waals surface area contributed by atoms with Crippen LogP contribution in [0.2, 0.25) is 0 Å². The molecule has 0 saturated carbocycles. The minimum atomic E-state index is -1.80. The van der Waals surface area contributed by atoms with Crippen LogP contribution in [0.4, 0.5) is 0 Å². The number of ether oxygens (including phenoxy) is 6. The van der Waals surface area contributed by atoms with Crippen molar-refractivity contribution in [2.45, 2.75) is 161 Å². The molecule has 1 aromatic rings. The summed E-state index contributed by atoms with van der Waals surface area (Å²) in [4.78, 5) is 53.7. The van der Waals surface area contributed by atoms with E-state index in [1.807, 2.05) is 77.0 Å². The van der Waals surface area contributed by atoms with Crippen LogP contribution in [0.1, 0.15) is 93.6 Å².